The van der Waals surface area contributed by atoms with Crippen LogP contribution in [0.3, 0.4) is 0 Å². The van der Waals surface area contributed by atoms with E-state index in [0.717, 1.165) is 33.8 Å². The van der Waals surface area contributed by atoms with E-state index in [-0.39, 0.29) is 12.1 Å². The number of aromatic nitrogens is 1. The van der Waals surface area contributed by atoms with Crippen LogP contribution in [0.5, 0.6) is 0 Å². The number of hydrogen-bond donors (Lipinski definition) is 1. The van der Waals surface area contributed by atoms with Crippen LogP contribution >= 0.6 is 0 Å². The summed E-state index contributed by atoms with van der Waals surface area (Å²) in [6, 6.07) is 11.3. The van der Waals surface area contributed by atoms with Crippen LogP contribution < -0.4 is 5.32 Å². The molecule has 0 atom stereocenters. The molecule has 6 nitrogen and oxygen atoms in total. The molecule has 0 bridgehead atoms. The Labute approximate surface area is 175 Å². The van der Waals surface area contributed by atoms with Crippen molar-refractivity contribution in [3.8, 4) is 11.3 Å². The molecule has 1 saturated heterocycles. The third-order valence-electron chi connectivity index (χ3n) is 5.42. The molecule has 0 saturated carbocycles. The van der Waals surface area contributed by atoms with Crippen LogP contribution in [0.25, 0.3) is 22.9 Å². The van der Waals surface area contributed by atoms with Crippen LogP contribution in [-0.4, -0.2) is 33.9 Å². The van der Waals surface area contributed by atoms with E-state index in [1.807, 2.05) is 67.1 Å². The van der Waals surface area contributed by atoms with Crippen molar-refractivity contribution in [2.24, 2.45) is 7.05 Å². The van der Waals surface area contributed by atoms with Gasteiger partial charge in [0, 0.05) is 36.1 Å². The van der Waals surface area contributed by atoms with Crippen molar-refractivity contribution in [3.63, 3.8) is 0 Å². The maximum absolute atomic E-state index is 13.2. The zero-order chi connectivity index (χ0) is 21.3. The Balaban J connectivity index is 1.88. The summed E-state index contributed by atoms with van der Waals surface area (Å²) in [5, 5.41) is 2.33. The van der Waals surface area contributed by atoms with E-state index in [0.29, 0.717) is 12.0 Å². The van der Waals surface area contributed by atoms with Crippen LogP contribution in [0.4, 0.5) is 4.79 Å². The van der Waals surface area contributed by atoms with Gasteiger partial charge in [-0.15, -0.1) is 0 Å². The van der Waals surface area contributed by atoms with Crippen molar-refractivity contribution < 1.29 is 14.4 Å². The molecule has 0 spiro atoms. The molecule has 4 amide bonds. The van der Waals surface area contributed by atoms with E-state index in [2.05, 4.69) is 5.32 Å². The van der Waals surface area contributed by atoms with Gasteiger partial charge in [-0.05, 0) is 24.1 Å². The molecule has 0 unspecified atom stereocenters. The molecule has 152 valence electrons. The molecule has 1 aromatic carbocycles. The van der Waals surface area contributed by atoms with Gasteiger partial charge in [0.1, 0.15) is 5.57 Å². The minimum atomic E-state index is -0.657. The predicted octanol–water partition coefficient (Wildman–Crippen LogP) is 3.91. The average Bonchev–Trinajstić information content (AvgIpc) is 2.92. The smallest absolute Gasteiger partial charge is 0.331 e. The van der Waals surface area contributed by atoms with Crippen LogP contribution in [0.1, 0.15) is 31.0 Å². The third-order valence-corrected chi connectivity index (χ3v) is 5.42. The number of carbonyl (C=O) groups is 3. The number of benzene rings is 1. The number of unbranched alkanes of at least 4 members (excludes halogenated alkanes) is 1. The summed E-state index contributed by atoms with van der Waals surface area (Å²) >= 11 is 0. The Morgan fingerprint density at radius 3 is 2.47 bits per heavy atom. The van der Waals surface area contributed by atoms with Gasteiger partial charge in [0.25, 0.3) is 11.8 Å². The molecule has 4 rings (SSSR count). The molecule has 6 heteroatoms. The van der Waals surface area contributed by atoms with Crippen molar-refractivity contribution in [2.45, 2.75) is 19.8 Å². The first-order valence-corrected chi connectivity index (χ1v) is 10.0. The summed E-state index contributed by atoms with van der Waals surface area (Å²) in [5.41, 5.74) is 4.19. The molecule has 1 N–H and O–H groups in total. The molecule has 30 heavy (non-hydrogen) atoms. The maximum Gasteiger partial charge on any atom is 0.331 e. The fourth-order valence-corrected chi connectivity index (χ4v) is 3.84. The topological polar surface area (TPSA) is 71.4 Å². The summed E-state index contributed by atoms with van der Waals surface area (Å²) in [7, 11) is 1.96. The number of carbonyl (C=O) groups excluding carboxylic acids is 3. The van der Waals surface area contributed by atoms with E-state index in [1.165, 1.54) is 0 Å². The molecule has 1 aromatic heterocycles. The van der Waals surface area contributed by atoms with Crippen molar-refractivity contribution in [1.82, 2.24) is 14.8 Å². The fourth-order valence-electron chi connectivity index (χ4n) is 3.84. The molecule has 2 aliphatic rings. The van der Waals surface area contributed by atoms with E-state index >= 15 is 0 Å². The maximum atomic E-state index is 13.2. The highest BCUT2D eigenvalue weighted by Crippen LogP contribution is 2.35. The number of hydrogen-bond acceptors (Lipinski definition) is 3. The van der Waals surface area contributed by atoms with Crippen molar-refractivity contribution in [3.05, 3.63) is 71.5 Å². The number of barbiturate groups is 1. The lowest BCUT2D eigenvalue weighted by atomic mass is 9.96. The lowest BCUT2D eigenvalue weighted by Gasteiger charge is -2.27. The first-order chi connectivity index (χ1) is 14.5. The first-order valence-electron chi connectivity index (χ1n) is 10.0. The van der Waals surface area contributed by atoms with Gasteiger partial charge >= 0.3 is 6.03 Å². The lowest BCUT2D eigenvalue weighted by molar-refractivity contribution is -0.130. The van der Waals surface area contributed by atoms with Crippen molar-refractivity contribution in [2.75, 3.05) is 6.54 Å². The quantitative estimate of drug-likeness (QED) is 0.624. The summed E-state index contributed by atoms with van der Waals surface area (Å²) in [4.78, 5) is 39.2. The highest BCUT2D eigenvalue weighted by Gasteiger charge is 2.38. The number of allylic oxidation sites excluding steroid dienone is 4. The summed E-state index contributed by atoms with van der Waals surface area (Å²) in [6.07, 6.45) is 8.92. The third kappa shape index (κ3) is 3.30. The van der Waals surface area contributed by atoms with Crippen molar-refractivity contribution in [1.29, 1.82) is 0 Å². The molecule has 1 aliphatic carbocycles. The van der Waals surface area contributed by atoms with Gasteiger partial charge in [0.15, 0.2) is 0 Å². The largest absolute Gasteiger partial charge is 0.344 e. The Morgan fingerprint density at radius 2 is 1.73 bits per heavy atom. The Kier molecular flexibility index (Phi) is 5.23. The molecule has 1 fully saturated rings. The summed E-state index contributed by atoms with van der Waals surface area (Å²) in [5.74, 6) is -1.20. The molecule has 2 aromatic rings. The van der Waals surface area contributed by atoms with Gasteiger partial charge in [0.05, 0.1) is 0 Å². The van der Waals surface area contributed by atoms with Crippen LogP contribution in [0.15, 0.2) is 60.2 Å². The van der Waals surface area contributed by atoms with Gasteiger partial charge in [-0.25, -0.2) is 4.79 Å². The van der Waals surface area contributed by atoms with E-state index in [9.17, 15) is 14.4 Å². The Bertz CT molecular complexity index is 1120. The standard InChI is InChI=1S/C24H23N3O3/c1-3-4-14-27-23(29)21(22(28)25-24(27)30)17-12-8-9-13-19-18(17)15-20(26(19)2)16-10-6-5-7-11-16/h5-13,15H,3-4,14H2,1-2H3,(H,25,28,30)/b21-17-. The summed E-state index contributed by atoms with van der Waals surface area (Å²) < 4.78 is 2.04. The highest BCUT2D eigenvalue weighted by atomic mass is 16.2. The molecular weight excluding hydrogens is 378 g/mol. The molecule has 2 heterocycles. The minimum Gasteiger partial charge on any atom is -0.344 e. The van der Waals surface area contributed by atoms with Crippen LogP contribution in [-0.2, 0) is 16.6 Å². The monoisotopic (exact) mass is 401 g/mol. The minimum absolute atomic E-state index is 0.00267. The number of rotatable bonds is 4. The number of fused-ring (bicyclic) bond motifs is 1. The fraction of sp³-hybridized carbons (Fsp3) is 0.208. The summed E-state index contributed by atoms with van der Waals surface area (Å²) in [6.45, 7) is 2.27. The highest BCUT2D eigenvalue weighted by molar-refractivity contribution is 6.33. The van der Waals surface area contributed by atoms with Gasteiger partial charge < -0.3 is 4.57 Å². The number of amides is 4. The van der Waals surface area contributed by atoms with Crippen LogP contribution in [0.2, 0.25) is 0 Å². The second-order valence-corrected chi connectivity index (χ2v) is 7.33. The molecule has 0 radical (unpaired) electrons. The second kappa shape index (κ2) is 7.99. The molecule has 1 aliphatic heterocycles. The zero-order valence-electron chi connectivity index (χ0n) is 17.0. The Morgan fingerprint density at radius 1 is 1.00 bits per heavy atom. The number of imide groups is 2. The second-order valence-electron chi connectivity index (χ2n) is 7.33. The Hall–Kier alpha value is -3.67. The van der Waals surface area contributed by atoms with Gasteiger partial charge in [-0.3, -0.25) is 19.8 Å². The van der Waals surface area contributed by atoms with Crippen LogP contribution in [0, 0.1) is 0 Å². The van der Waals surface area contributed by atoms with E-state index in [4.69, 9.17) is 0 Å². The predicted molar refractivity (Wildman–Crippen MR) is 116 cm³/mol. The van der Waals surface area contributed by atoms with Gasteiger partial charge in [0.2, 0.25) is 0 Å². The number of nitrogens with one attached hydrogen (secondary N) is 1. The molecular formula is C24H23N3O3. The number of urea groups is 1. The van der Waals surface area contributed by atoms with E-state index < -0.39 is 17.8 Å². The SMILES string of the molecule is CCCCN1C(=O)NC(=O)/C(=C2\C=CC=Cc3c2cc(-c2ccccc2)n3C)C1=O. The lowest BCUT2D eigenvalue weighted by Crippen LogP contribution is -2.54. The first kappa shape index (κ1) is 19.6. The normalized spacial score (nSPS) is 18.5. The van der Waals surface area contributed by atoms with Gasteiger partial charge in [-0.1, -0.05) is 61.9 Å². The average molecular weight is 401 g/mol. The zero-order valence-corrected chi connectivity index (χ0v) is 17.0. The van der Waals surface area contributed by atoms with Gasteiger partial charge in [-0.2, -0.15) is 0 Å². The van der Waals surface area contributed by atoms with E-state index in [1.54, 1.807) is 12.2 Å². The number of nitrogens with zero attached hydrogens (tertiary/aromatic N) is 2. The van der Waals surface area contributed by atoms with Crippen molar-refractivity contribution >= 4 is 29.5 Å².